The molecule has 0 N–H and O–H groups in total. The SMILES string of the molecule is N#Cc1cc(C(F)F)cnc1Br. The number of halogens is 3. The largest absolute Gasteiger partial charge is 0.265 e. The monoisotopic (exact) mass is 232 g/mol. The Bertz CT molecular complexity index is 333. The van der Waals surface area contributed by atoms with Gasteiger partial charge in [-0.2, -0.15) is 5.26 Å². The molecule has 62 valence electrons. The highest BCUT2D eigenvalue weighted by molar-refractivity contribution is 9.10. The Hall–Kier alpha value is -1.02. The maximum atomic E-state index is 12.1. The third-order valence-corrected chi connectivity index (χ3v) is 1.86. The maximum Gasteiger partial charge on any atom is 0.265 e. The molecule has 0 saturated carbocycles. The van der Waals surface area contributed by atoms with Crippen LogP contribution in [0.5, 0.6) is 0 Å². The summed E-state index contributed by atoms with van der Waals surface area (Å²) in [6, 6.07) is 2.86. The summed E-state index contributed by atoms with van der Waals surface area (Å²) in [5.41, 5.74) is -0.123. The third kappa shape index (κ3) is 1.77. The molecule has 0 bridgehead atoms. The Balaban J connectivity index is 3.16. The predicted molar refractivity (Wildman–Crippen MR) is 41.6 cm³/mol. The van der Waals surface area contributed by atoms with E-state index in [-0.39, 0.29) is 15.7 Å². The smallest absolute Gasteiger partial charge is 0.247 e. The molecule has 0 aromatic carbocycles. The molecule has 0 atom stereocenters. The summed E-state index contributed by atoms with van der Waals surface area (Å²) in [6.45, 7) is 0. The Morgan fingerprint density at radius 1 is 1.58 bits per heavy atom. The van der Waals surface area contributed by atoms with Gasteiger partial charge in [-0.25, -0.2) is 13.8 Å². The van der Waals surface area contributed by atoms with Crippen molar-refractivity contribution in [3.8, 4) is 6.07 Å². The Morgan fingerprint density at radius 3 is 2.75 bits per heavy atom. The minimum absolute atomic E-state index is 0.118. The number of rotatable bonds is 1. The van der Waals surface area contributed by atoms with Crippen molar-refractivity contribution in [1.82, 2.24) is 4.98 Å². The molecule has 0 fully saturated rings. The molecule has 1 heterocycles. The van der Waals surface area contributed by atoms with E-state index in [1.165, 1.54) is 0 Å². The van der Waals surface area contributed by atoms with E-state index in [9.17, 15) is 8.78 Å². The lowest BCUT2D eigenvalue weighted by molar-refractivity contribution is 0.151. The van der Waals surface area contributed by atoms with Crippen LogP contribution >= 0.6 is 15.9 Å². The molecule has 0 unspecified atom stereocenters. The molecule has 1 rings (SSSR count). The molecule has 0 aliphatic rings. The molecule has 5 heteroatoms. The first-order chi connectivity index (χ1) is 5.65. The summed E-state index contributed by atoms with van der Waals surface area (Å²) in [4.78, 5) is 3.59. The molecule has 2 nitrogen and oxygen atoms in total. The highest BCUT2D eigenvalue weighted by Crippen LogP contribution is 2.21. The summed E-state index contributed by atoms with van der Waals surface area (Å²) in [7, 11) is 0. The van der Waals surface area contributed by atoms with Gasteiger partial charge in [0.2, 0.25) is 0 Å². The van der Waals surface area contributed by atoms with Crippen LogP contribution in [0, 0.1) is 11.3 Å². The maximum absolute atomic E-state index is 12.1. The zero-order chi connectivity index (χ0) is 9.14. The quantitative estimate of drug-likeness (QED) is 0.699. The van der Waals surface area contributed by atoms with E-state index in [1.807, 2.05) is 0 Å². The number of pyridine rings is 1. The van der Waals surface area contributed by atoms with Gasteiger partial charge in [-0.1, -0.05) is 0 Å². The van der Waals surface area contributed by atoms with Crippen LogP contribution in [0.15, 0.2) is 16.9 Å². The van der Waals surface area contributed by atoms with E-state index in [0.29, 0.717) is 0 Å². The van der Waals surface area contributed by atoms with Gasteiger partial charge >= 0.3 is 0 Å². The Morgan fingerprint density at radius 2 is 2.25 bits per heavy atom. The zero-order valence-corrected chi connectivity index (χ0v) is 7.35. The van der Waals surface area contributed by atoms with Gasteiger partial charge in [-0.05, 0) is 22.0 Å². The van der Waals surface area contributed by atoms with Crippen LogP contribution in [0.25, 0.3) is 0 Å². The molecule has 1 aromatic rings. The summed E-state index contributed by atoms with van der Waals surface area (Å²) in [6.07, 6.45) is -1.55. The van der Waals surface area contributed by atoms with E-state index < -0.39 is 6.43 Å². The molecule has 0 radical (unpaired) electrons. The normalized spacial score (nSPS) is 9.92. The van der Waals surface area contributed by atoms with Crippen molar-refractivity contribution >= 4 is 15.9 Å². The first kappa shape index (κ1) is 9.07. The number of nitrogens with zero attached hydrogens (tertiary/aromatic N) is 2. The van der Waals surface area contributed by atoms with Crippen molar-refractivity contribution in [2.75, 3.05) is 0 Å². The summed E-state index contributed by atoms with van der Waals surface area (Å²) < 4.78 is 24.4. The minimum atomic E-state index is -2.59. The van der Waals surface area contributed by atoms with Crippen molar-refractivity contribution in [2.45, 2.75) is 6.43 Å². The fourth-order valence-electron chi connectivity index (χ4n) is 0.662. The van der Waals surface area contributed by atoms with E-state index in [2.05, 4.69) is 20.9 Å². The van der Waals surface area contributed by atoms with Gasteiger partial charge in [0.15, 0.2) is 0 Å². The minimum Gasteiger partial charge on any atom is -0.247 e. The molecule has 0 saturated heterocycles. The standard InChI is InChI=1S/C7H3BrF2N2/c8-6-4(2-11)1-5(3-12-6)7(9)10/h1,3,7H. The van der Waals surface area contributed by atoms with E-state index in [0.717, 1.165) is 12.3 Å². The highest BCUT2D eigenvalue weighted by atomic mass is 79.9. The number of nitriles is 1. The highest BCUT2D eigenvalue weighted by Gasteiger charge is 2.09. The molecule has 12 heavy (non-hydrogen) atoms. The second-order valence-corrected chi connectivity index (χ2v) is 2.77. The number of hydrogen-bond acceptors (Lipinski definition) is 2. The van der Waals surface area contributed by atoms with Crippen LogP contribution in [0.1, 0.15) is 17.6 Å². The van der Waals surface area contributed by atoms with Gasteiger partial charge in [0.05, 0.1) is 5.56 Å². The first-order valence-electron chi connectivity index (χ1n) is 2.99. The predicted octanol–water partition coefficient (Wildman–Crippen LogP) is 2.65. The molecule has 0 amide bonds. The van der Waals surface area contributed by atoms with Gasteiger partial charge in [0, 0.05) is 11.8 Å². The van der Waals surface area contributed by atoms with Crippen LogP contribution in [0.4, 0.5) is 8.78 Å². The summed E-state index contributed by atoms with van der Waals surface area (Å²) >= 11 is 2.96. The zero-order valence-electron chi connectivity index (χ0n) is 5.76. The molecule has 0 spiro atoms. The Labute approximate surface area is 76.0 Å². The number of aromatic nitrogens is 1. The van der Waals surface area contributed by atoms with Crippen LogP contribution in [0.2, 0.25) is 0 Å². The van der Waals surface area contributed by atoms with Gasteiger partial charge in [0.25, 0.3) is 6.43 Å². The lowest BCUT2D eigenvalue weighted by Gasteiger charge is -1.99. The van der Waals surface area contributed by atoms with Crippen molar-refractivity contribution in [2.24, 2.45) is 0 Å². The molecule has 1 aromatic heterocycles. The van der Waals surface area contributed by atoms with Crippen LogP contribution < -0.4 is 0 Å². The van der Waals surface area contributed by atoms with E-state index in [1.54, 1.807) is 6.07 Å². The van der Waals surface area contributed by atoms with Crippen molar-refractivity contribution in [3.05, 3.63) is 28.0 Å². The topological polar surface area (TPSA) is 36.7 Å². The van der Waals surface area contributed by atoms with Crippen molar-refractivity contribution in [1.29, 1.82) is 5.26 Å². The van der Waals surface area contributed by atoms with Gasteiger partial charge in [0.1, 0.15) is 10.7 Å². The van der Waals surface area contributed by atoms with E-state index >= 15 is 0 Å². The lowest BCUT2D eigenvalue weighted by Crippen LogP contribution is -1.89. The van der Waals surface area contributed by atoms with Crippen LogP contribution in [-0.4, -0.2) is 4.98 Å². The molecular weight excluding hydrogens is 230 g/mol. The fourth-order valence-corrected chi connectivity index (χ4v) is 0.967. The number of hydrogen-bond donors (Lipinski definition) is 0. The van der Waals surface area contributed by atoms with Crippen LogP contribution in [-0.2, 0) is 0 Å². The fraction of sp³-hybridized carbons (Fsp3) is 0.143. The number of alkyl halides is 2. The molecule has 0 aliphatic carbocycles. The van der Waals surface area contributed by atoms with Gasteiger partial charge < -0.3 is 0 Å². The van der Waals surface area contributed by atoms with Crippen molar-refractivity contribution < 1.29 is 8.78 Å². The van der Waals surface area contributed by atoms with Gasteiger partial charge in [-0.15, -0.1) is 0 Å². The van der Waals surface area contributed by atoms with E-state index in [4.69, 9.17) is 5.26 Å². The average Bonchev–Trinajstić information content (AvgIpc) is 2.05. The van der Waals surface area contributed by atoms with Gasteiger partial charge in [-0.3, -0.25) is 0 Å². The average molecular weight is 233 g/mol. The van der Waals surface area contributed by atoms with Crippen LogP contribution in [0.3, 0.4) is 0 Å². The molecule has 0 aliphatic heterocycles. The lowest BCUT2D eigenvalue weighted by atomic mass is 10.2. The Kier molecular flexibility index (Phi) is 2.71. The third-order valence-electron chi connectivity index (χ3n) is 1.23. The second kappa shape index (κ2) is 3.59. The molecular formula is C7H3BrF2N2. The summed E-state index contributed by atoms with van der Waals surface area (Å²) in [5.74, 6) is 0. The first-order valence-corrected chi connectivity index (χ1v) is 3.78. The van der Waals surface area contributed by atoms with Crippen molar-refractivity contribution in [3.63, 3.8) is 0 Å². The second-order valence-electron chi connectivity index (χ2n) is 2.02. The summed E-state index contributed by atoms with van der Waals surface area (Å²) in [5, 5.41) is 8.46.